The Hall–Kier alpha value is -2.17. The molecule has 10 heteroatoms. The summed E-state index contributed by atoms with van der Waals surface area (Å²) in [5.74, 6) is -0.257. The second-order valence-electron chi connectivity index (χ2n) is 7.93. The molecular formula is C20H22N4O4S2. The van der Waals surface area contributed by atoms with Crippen molar-refractivity contribution in [2.75, 3.05) is 17.6 Å². The number of carbonyl (C=O) groups excluding carboxylic acids is 3. The van der Waals surface area contributed by atoms with E-state index in [-0.39, 0.29) is 42.2 Å². The molecule has 30 heavy (non-hydrogen) atoms. The summed E-state index contributed by atoms with van der Waals surface area (Å²) in [7, 11) is 0. The van der Waals surface area contributed by atoms with E-state index >= 15 is 0 Å². The van der Waals surface area contributed by atoms with Crippen molar-refractivity contribution >= 4 is 56.7 Å². The summed E-state index contributed by atoms with van der Waals surface area (Å²) in [4.78, 5) is 40.5. The summed E-state index contributed by atoms with van der Waals surface area (Å²) in [5.41, 5.74) is 1.51. The van der Waals surface area contributed by atoms with Crippen LogP contribution in [0.5, 0.6) is 0 Å². The highest BCUT2D eigenvalue weighted by molar-refractivity contribution is 8.01. The lowest BCUT2D eigenvalue weighted by Crippen LogP contribution is -2.42. The summed E-state index contributed by atoms with van der Waals surface area (Å²) in [5, 5.41) is 8.64. The van der Waals surface area contributed by atoms with Crippen molar-refractivity contribution in [3.8, 4) is 0 Å². The molecule has 4 heterocycles. The number of fused-ring (bicyclic) bond motifs is 3. The van der Waals surface area contributed by atoms with Gasteiger partial charge in [-0.05, 0) is 37.5 Å². The minimum absolute atomic E-state index is 0.00748. The molecule has 1 aromatic heterocycles. The van der Waals surface area contributed by atoms with Gasteiger partial charge in [0, 0.05) is 18.7 Å². The minimum Gasteiger partial charge on any atom is -0.373 e. The van der Waals surface area contributed by atoms with Gasteiger partial charge >= 0.3 is 0 Å². The third-order valence-corrected chi connectivity index (χ3v) is 7.92. The van der Waals surface area contributed by atoms with Crippen LogP contribution in [0.15, 0.2) is 22.5 Å². The molecule has 2 aromatic rings. The zero-order valence-corrected chi connectivity index (χ0v) is 17.8. The molecular weight excluding hydrogens is 424 g/mol. The Morgan fingerprint density at radius 1 is 1.33 bits per heavy atom. The molecule has 4 atom stereocenters. The standard InChI is InChI=1S/C20H22N4O4S2/c25-17-5-10(8-21-17)19(27)22-11-1-3-13-16(6-11)30-20(24-13)29-9-18(26)23-14-7-12-2-4-15(14)28-12/h1,3,6,10,12,14-15H,2,4-5,7-9H2,(H,21,25)(H,22,27)(H,23,26). The number of hydrogen-bond acceptors (Lipinski definition) is 7. The highest BCUT2D eigenvalue weighted by Gasteiger charge is 2.41. The maximum Gasteiger partial charge on any atom is 0.230 e. The van der Waals surface area contributed by atoms with Crippen molar-refractivity contribution in [2.24, 2.45) is 5.92 Å². The number of nitrogens with zero attached hydrogens (tertiary/aromatic N) is 1. The van der Waals surface area contributed by atoms with E-state index in [2.05, 4.69) is 20.9 Å². The first kappa shape index (κ1) is 19.8. The number of thiazole rings is 1. The Bertz CT molecular complexity index is 1010. The van der Waals surface area contributed by atoms with Crippen molar-refractivity contribution in [3.05, 3.63) is 18.2 Å². The topological polar surface area (TPSA) is 109 Å². The predicted molar refractivity (Wildman–Crippen MR) is 115 cm³/mol. The highest BCUT2D eigenvalue weighted by atomic mass is 32.2. The Morgan fingerprint density at radius 2 is 2.23 bits per heavy atom. The second-order valence-corrected chi connectivity index (χ2v) is 10.2. The van der Waals surface area contributed by atoms with Crippen LogP contribution < -0.4 is 16.0 Å². The van der Waals surface area contributed by atoms with Gasteiger partial charge in [0.15, 0.2) is 4.34 Å². The third kappa shape index (κ3) is 4.17. The fraction of sp³-hybridized carbons (Fsp3) is 0.500. The molecule has 3 aliphatic heterocycles. The van der Waals surface area contributed by atoms with Crippen LogP contribution in [0.3, 0.4) is 0 Å². The molecule has 3 amide bonds. The van der Waals surface area contributed by atoms with E-state index in [1.54, 1.807) is 6.07 Å². The zero-order chi connectivity index (χ0) is 20.7. The van der Waals surface area contributed by atoms with Crippen LogP contribution in [-0.2, 0) is 19.1 Å². The van der Waals surface area contributed by atoms with Gasteiger partial charge in [0.1, 0.15) is 0 Å². The Labute approximate surface area is 181 Å². The monoisotopic (exact) mass is 446 g/mol. The van der Waals surface area contributed by atoms with E-state index in [1.807, 2.05) is 12.1 Å². The number of nitrogens with one attached hydrogen (secondary N) is 3. The molecule has 4 unspecified atom stereocenters. The summed E-state index contributed by atoms with van der Waals surface area (Å²) in [6.07, 6.45) is 3.78. The van der Waals surface area contributed by atoms with Crippen LogP contribution in [0, 0.1) is 5.92 Å². The number of aromatic nitrogens is 1. The summed E-state index contributed by atoms with van der Waals surface area (Å²) < 4.78 is 7.54. The van der Waals surface area contributed by atoms with E-state index < -0.39 is 0 Å². The van der Waals surface area contributed by atoms with E-state index in [4.69, 9.17) is 4.74 Å². The average Bonchev–Trinajstić information content (AvgIpc) is 3.50. The number of rotatable bonds is 6. The largest absolute Gasteiger partial charge is 0.373 e. The molecule has 0 saturated carbocycles. The first-order chi connectivity index (χ1) is 14.5. The molecule has 0 aliphatic carbocycles. The molecule has 3 aliphatic rings. The van der Waals surface area contributed by atoms with Crippen LogP contribution in [0.4, 0.5) is 5.69 Å². The van der Waals surface area contributed by atoms with Gasteiger partial charge in [-0.25, -0.2) is 4.98 Å². The smallest absolute Gasteiger partial charge is 0.230 e. The number of amides is 3. The first-order valence-electron chi connectivity index (χ1n) is 10.1. The van der Waals surface area contributed by atoms with E-state index in [0.29, 0.717) is 24.1 Å². The van der Waals surface area contributed by atoms with E-state index in [9.17, 15) is 14.4 Å². The van der Waals surface area contributed by atoms with Crippen molar-refractivity contribution < 1.29 is 19.1 Å². The van der Waals surface area contributed by atoms with Crippen LogP contribution in [-0.4, -0.2) is 53.3 Å². The molecule has 158 valence electrons. The second kappa shape index (κ2) is 8.16. The zero-order valence-electron chi connectivity index (χ0n) is 16.2. The molecule has 3 N–H and O–H groups in total. The normalized spacial score (nSPS) is 27.4. The number of thioether (sulfide) groups is 1. The van der Waals surface area contributed by atoms with Gasteiger partial charge in [0.05, 0.1) is 40.1 Å². The molecule has 3 saturated heterocycles. The van der Waals surface area contributed by atoms with Crippen molar-refractivity contribution in [3.63, 3.8) is 0 Å². The van der Waals surface area contributed by atoms with Crippen molar-refractivity contribution in [1.29, 1.82) is 0 Å². The van der Waals surface area contributed by atoms with Crippen LogP contribution in [0.2, 0.25) is 0 Å². The van der Waals surface area contributed by atoms with E-state index in [0.717, 1.165) is 33.8 Å². The van der Waals surface area contributed by atoms with Gasteiger partial charge in [0.25, 0.3) is 0 Å². The fourth-order valence-corrected chi connectivity index (χ4v) is 6.16. The summed E-state index contributed by atoms with van der Waals surface area (Å²) >= 11 is 2.92. The lowest BCUT2D eigenvalue weighted by atomic mass is 9.95. The van der Waals surface area contributed by atoms with Crippen LogP contribution in [0.1, 0.15) is 25.7 Å². The maximum atomic E-state index is 12.3. The lowest BCUT2D eigenvalue weighted by molar-refractivity contribution is -0.123. The van der Waals surface area contributed by atoms with Crippen LogP contribution in [0.25, 0.3) is 10.2 Å². The number of hydrogen-bond donors (Lipinski definition) is 3. The van der Waals surface area contributed by atoms with Crippen molar-refractivity contribution in [1.82, 2.24) is 15.6 Å². The Balaban J connectivity index is 1.16. The highest BCUT2D eigenvalue weighted by Crippen LogP contribution is 2.35. The SMILES string of the molecule is O=C1CC(C(=O)Nc2ccc3nc(SCC(=O)NC4CC5CCC4O5)sc3c2)CN1. The lowest BCUT2D eigenvalue weighted by Gasteiger charge is -2.19. The Kier molecular flexibility index (Phi) is 5.38. The van der Waals surface area contributed by atoms with Gasteiger partial charge in [-0.1, -0.05) is 11.8 Å². The molecule has 0 radical (unpaired) electrons. The molecule has 3 fully saturated rings. The Morgan fingerprint density at radius 3 is 2.97 bits per heavy atom. The minimum atomic E-state index is -0.334. The van der Waals surface area contributed by atoms with Gasteiger partial charge < -0.3 is 20.7 Å². The number of benzene rings is 1. The first-order valence-corrected chi connectivity index (χ1v) is 11.9. The van der Waals surface area contributed by atoms with Crippen LogP contribution >= 0.6 is 23.1 Å². The number of anilines is 1. The van der Waals surface area contributed by atoms with Gasteiger partial charge in [-0.15, -0.1) is 11.3 Å². The van der Waals surface area contributed by atoms with Crippen molar-refractivity contribution in [2.45, 2.75) is 48.3 Å². The molecule has 0 spiro atoms. The third-order valence-electron chi connectivity index (χ3n) is 5.76. The molecule has 8 nitrogen and oxygen atoms in total. The number of carbonyl (C=O) groups is 3. The van der Waals surface area contributed by atoms with E-state index in [1.165, 1.54) is 23.1 Å². The quantitative estimate of drug-likeness (QED) is 0.585. The fourth-order valence-electron chi connectivity index (χ4n) is 4.24. The number of ether oxygens (including phenoxy) is 1. The van der Waals surface area contributed by atoms with Gasteiger partial charge in [-0.2, -0.15) is 0 Å². The molecule has 5 rings (SSSR count). The average molecular weight is 447 g/mol. The predicted octanol–water partition coefficient (Wildman–Crippen LogP) is 1.90. The summed E-state index contributed by atoms with van der Waals surface area (Å²) in [6.45, 7) is 0.380. The van der Waals surface area contributed by atoms with Gasteiger partial charge in [0.2, 0.25) is 17.7 Å². The maximum absolute atomic E-state index is 12.3. The van der Waals surface area contributed by atoms with Gasteiger partial charge in [-0.3, -0.25) is 14.4 Å². The molecule has 1 aromatic carbocycles. The molecule has 2 bridgehead atoms. The summed E-state index contributed by atoms with van der Waals surface area (Å²) in [6, 6.07) is 5.69.